The van der Waals surface area contributed by atoms with Crippen LogP contribution in [0.1, 0.15) is 59.8 Å². The van der Waals surface area contributed by atoms with Crippen LogP contribution in [0.15, 0.2) is 0 Å². The lowest BCUT2D eigenvalue weighted by molar-refractivity contribution is -0.0900. The Kier molecular flexibility index (Phi) is 4.38. The normalized spacial score (nSPS) is 25.3. The highest BCUT2D eigenvalue weighted by Crippen LogP contribution is 2.43. The van der Waals surface area contributed by atoms with Gasteiger partial charge in [-0.15, -0.1) is 0 Å². The predicted octanol–water partition coefficient (Wildman–Crippen LogP) is 3.37. The largest absolute Gasteiger partial charge is 0.303 e. The Morgan fingerprint density at radius 2 is 1.61 bits per heavy atom. The van der Waals surface area contributed by atoms with Crippen LogP contribution in [0.5, 0.6) is 0 Å². The Morgan fingerprint density at radius 3 is 2.11 bits per heavy atom. The monoisotopic (exact) mass is 252 g/mol. The van der Waals surface area contributed by atoms with Crippen molar-refractivity contribution < 1.29 is 0 Å². The van der Waals surface area contributed by atoms with E-state index in [1.165, 1.54) is 64.8 Å². The molecular formula is C16H32N2. The molecule has 0 unspecified atom stereocenters. The molecule has 2 aliphatic rings. The van der Waals surface area contributed by atoms with Gasteiger partial charge in [-0.1, -0.05) is 19.8 Å². The van der Waals surface area contributed by atoms with Crippen LogP contribution >= 0.6 is 0 Å². The molecule has 0 aliphatic carbocycles. The van der Waals surface area contributed by atoms with Gasteiger partial charge in [0.1, 0.15) is 0 Å². The molecule has 1 spiro atoms. The molecule has 0 aromatic heterocycles. The van der Waals surface area contributed by atoms with Crippen molar-refractivity contribution in [2.24, 2.45) is 5.41 Å². The van der Waals surface area contributed by atoms with Crippen molar-refractivity contribution in [2.75, 3.05) is 32.7 Å². The zero-order valence-electron chi connectivity index (χ0n) is 13.0. The van der Waals surface area contributed by atoms with Crippen LogP contribution in [-0.4, -0.2) is 48.1 Å². The second kappa shape index (κ2) is 5.50. The summed E-state index contributed by atoms with van der Waals surface area (Å²) in [6.07, 6.45) is 7.02. The van der Waals surface area contributed by atoms with Crippen LogP contribution in [0.3, 0.4) is 0 Å². The van der Waals surface area contributed by atoms with Gasteiger partial charge in [0.25, 0.3) is 0 Å². The van der Waals surface area contributed by atoms with Crippen molar-refractivity contribution in [1.82, 2.24) is 9.80 Å². The Morgan fingerprint density at radius 1 is 1.00 bits per heavy atom. The number of unbranched alkanes of at least 4 members (excludes halogenated alkanes) is 2. The molecule has 2 fully saturated rings. The van der Waals surface area contributed by atoms with E-state index in [4.69, 9.17) is 0 Å². The molecule has 2 saturated heterocycles. The van der Waals surface area contributed by atoms with Crippen LogP contribution < -0.4 is 0 Å². The summed E-state index contributed by atoms with van der Waals surface area (Å²) in [7, 11) is 0. The third-order valence-electron chi connectivity index (χ3n) is 5.00. The second-order valence-corrected chi connectivity index (χ2v) is 7.58. The number of hydrogen-bond donors (Lipinski definition) is 0. The summed E-state index contributed by atoms with van der Waals surface area (Å²) >= 11 is 0. The molecule has 0 bridgehead atoms. The number of hydrogen-bond acceptors (Lipinski definition) is 2. The Labute approximate surface area is 114 Å². The number of rotatable bonds is 4. The Hall–Kier alpha value is -0.0800. The van der Waals surface area contributed by atoms with E-state index in [0.717, 1.165) is 0 Å². The van der Waals surface area contributed by atoms with Crippen molar-refractivity contribution in [3.8, 4) is 0 Å². The van der Waals surface area contributed by atoms with E-state index >= 15 is 0 Å². The highest BCUT2D eigenvalue weighted by atomic mass is 15.3. The van der Waals surface area contributed by atoms with Crippen molar-refractivity contribution in [1.29, 1.82) is 0 Å². The van der Waals surface area contributed by atoms with Crippen LogP contribution in [-0.2, 0) is 0 Å². The van der Waals surface area contributed by atoms with E-state index in [1.54, 1.807) is 0 Å². The molecule has 0 N–H and O–H groups in total. The minimum atomic E-state index is 0.378. The molecule has 2 aliphatic heterocycles. The fraction of sp³-hybridized carbons (Fsp3) is 1.00. The maximum absolute atomic E-state index is 2.70. The van der Waals surface area contributed by atoms with E-state index in [1.807, 2.05) is 0 Å². The standard InChI is InChI=1S/C16H32N2/c1-5-6-7-10-17-11-8-16(9-12-17)13-18(14-16)15(2,3)4/h5-14H2,1-4H3. The van der Waals surface area contributed by atoms with Gasteiger partial charge in [0, 0.05) is 18.6 Å². The smallest absolute Gasteiger partial charge is 0.0125 e. The highest BCUT2D eigenvalue weighted by Gasteiger charge is 2.47. The van der Waals surface area contributed by atoms with Crippen LogP contribution in [0.4, 0.5) is 0 Å². The van der Waals surface area contributed by atoms with Gasteiger partial charge in [-0.2, -0.15) is 0 Å². The number of piperidine rings is 1. The van der Waals surface area contributed by atoms with Crippen LogP contribution in [0.2, 0.25) is 0 Å². The molecule has 0 amide bonds. The first-order valence-electron chi connectivity index (χ1n) is 7.93. The fourth-order valence-corrected chi connectivity index (χ4v) is 3.39. The van der Waals surface area contributed by atoms with E-state index < -0.39 is 0 Å². The third kappa shape index (κ3) is 3.27. The maximum atomic E-state index is 2.70. The molecular weight excluding hydrogens is 220 g/mol. The SMILES string of the molecule is CCCCCN1CCC2(CC1)CN(C(C)(C)C)C2. The molecule has 0 aromatic carbocycles. The molecule has 0 saturated carbocycles. The average molecular weight is 252 g/mol. The lowest BCUT2D eigenvalue weighted by Gasteiger charge is -2.58. The van der Waals surface area contributed by atoms with E-state index in [9.17, 15) is 0 Å². The molecule has 2 heterocycles. The van der Waals surface area contributed by atoms with Gasteiger partial charge >= 0.3 is 0 Å². The summed E-state index contributed by atoms with van der Waals surface area (Å²) in [5, 5.41) is 0. The summed E-state index contributed by atoms with van der Waals surface area (Å²) in [5.41, 5.74) is 1.07. The average Bonchev–Trinajstić information content (AvgIpc) is 2.26. The van der Waals surface area contributed by atoms with Gasteiger partial charge in [0.05, 0.1) is 0 Å². The second-order valence-electron chi connectivity index (χ2n) is 7.58. The van der Waals surface area contributed by atoms with E-state index in [-0.39, 0.29) is 0 Å². The van der Waals surface area contributed by atoms with Crippen LogP contribution in [0, 0.1) is 5.41 Å². The molecule has 2 rings (SSSR count). The lowest BCUT2D eigenvalue weighted by Crippen LogP contribution is -2.65. The van der Waals surface area contributed by atoms with Gasteiger partial charge in [0.2, 0.25) is 0 Å². The summed E-state index contributed by atoms with van der Waals surface area (Å²) < 4.78 is 0. The molecule has 18 heavy (non-hydrogen) atoms. The minimum Gasteiger partial charge on any atom is -0.303 e. The first kappa shape index (κ1) is 14.3. The van der Waals surface area contributed by atoms with E-state index in [2.05, 4.69) is 37.5 Å². The Bertz CT molecular complexity index is 251. The van der Waals surface area contributed by atoms with Gasteiger partial charge < -0.3 is 4.90 Å². The van der Waals surface area contributed by atoms with E-state index in [0.29, 0.717) is 11.0 Å². The third-order valence-corrected chi connectivity index (χ3v) is 5.00. The van der Waals surface area contributed by atoms with Gasteiger partial charge in [-0.25, -0.2) is 0 Å². The number of nitrogens with zero attached hydrogens (tertiary/aromatic N) is 2. The molecule has 0 aromatic rings. The first-order chi connectivity index (χ1) is 8.45. The number of likely N-dealkylation sites (tertiary alicyclic amines) is 2. The Balaban J connectivity index is 1.69. The van der Waals surface area contributed by atoms with Gasteiger partial charge in [-0.3, -0.25) is 4.90 Å². The quantitative estimate of drug-likeness (QED) is 0.708. The topological polar surface area (TPSA) is 6.48 Å². The summed E-state index contributed by atoms with van der Waals surface area (Å²) in [6.45, 7) is 16.1. The van der Waals surface area contributed by atoms with Crippen molar-refractivity contribution in [3.05, 3.63) is 0 Å². The molecule has 0 radical (unpaired) electrons. The lowest BCUT2D eigenvalue weighted by atomic mass is 9.70. The first-order valence-corrected chi connectivity index (χ1v) is 7.93. The van der Waals surface area contributed by atoms with Crippen molar-refractivity contribution in [3.63, 3.8) is 0 Å². The highest BCUT2D eigenvalue weighted by molar-refractivity contribution is 5.01. The summed E-state index contributed by atoms with van der Waals surface area (Å²) in [5.74, 6) is 0. The van der Waals surface area contributed by atoms with Crippen molar-refractivity contribution >= 4 is 0 Å². The zero-order valence-corrected chi connectivity index (χ0v) is 13.0. The van der Waals surface area contributed by atoms with Gasteiger partial charge in [0.15, 0.2) is 0 Å². The van der Waals surface area contributed by atoms with Crippen molar-refractivity contribution in [2.45, 2.75) is 65.3 Å². The van der Waals surface area contributed by atoms with Gasteiger partial charge in [-0.05, 0) is 65.1 Å². The summed E-state index contributed by atoms with van der Waals surface area (Å²) in [6, 6.07) is 0. The minimum absolute atomic E-state index is 0.378. The molecule has 106 valence electrons. The fourth-order valence-electron chi connectivity index (χ4n) is 3.39. The molecule has 2 heteroatoms. The molecule has 0 atom stereocenters. The van der Waals surface area contributed by atoms with Crippen LogP contribution in [0.25, 0.3) is 0 Å². The zero-order chi connectivity index (χ0) is 13.2. The predicted molar refractivity (Wildman–Crippen MR) is 79.0 cm³/mol. The molecule has 2 nitrogen and oxygen atoms in total. The summed E-state index contributed by atoms with van der Waals surface area (Å²) in [4.78, 5) is 5.35. The maximum Gasteiger partial charge on any atom is 0.0125 e.